The van der Waals surface area contributed by atoms with Crippen LogP contribution < -0.4 is 10.1 Å². The van der Waals surface area contributed by atoms with Gasteiger partial charge in [0.25, 0.3) is 9.24 Å². The first-order chi connectivity index (χ1) is 15.4. The van der Waals surface area contributed by atoms with Crippen molar-refractivity contribution in [2.75, 3.05) is 46.4 Å². The molecule has 1 aliphatic carbocycles. The Morgan fingerprint density at radius 1 is 1.16 bits per heavy atom. The number of aryl methyl sites for hydroxylation is 1. The number of carbonyl (C=O) groups is 1. The van der Waals surface area contributed by atoms with Crippen molar-refractivity contribution in [1.29, 1.82) is 0 Å². The SMILES string of the molecule is COc1ccc2c(c1)CC(CCCNCCCCN1CCCN(S(=O)(=O)Cl)CC1=O)CC2. The van der Waals surface area contributed by atoms with Gasteiger partial charge in [0.15, 0.2) is 0 Å². The first-order valence-corrected chi connectivity index (χ1v) is 14.0. The summed E-state index contributed by atoms with van der Waals surface area (Å²) in [5.41, 5.74) is 2.92. The zero-order chi connectivity index (χ0) is 23.0. The van der Waals surface area contributed by atoms with Crippen LogP contribution in [0.15, 0.2) is 18.2 Å². The van der Waals surface area contributed by atoms with Gasteiger partial charge in [-0.2, -0.15) is 12.7 Å². The fourth-order valence-corrected chi connectivity index (χ4v) is 5.66. The highest BCUT2D eigenvalue weighted by molar-refractivity contribution is 8.11. The number of hydrogen-bond donors (Lipinski definition) is 1. The maximum absolute atomic E-state index is 12.3. The van der Waals surface area contributed by atoms with Crippen LogP contribution in [0.2, 0.25) is 0 Å². The van der Waals surface area contributed by atoms with Gasteiger partial charge >= 0.3 is 0 Å². The van der Waals surface area contributed by atoms with Gasteiger partial charge in [0.2, 0.25) is 5.91 Å². The molecule has 1 fully saturated rings. The second-order valence-electron chi connectivity index (χ2n) is 8.85. The minimum absolute atomic E-state index is 0.150. The summed E-state index contributed by atoms with van der Waals surface area (Å²) in [5, 5.41) is 3.52. The molecule has 1 atom stereocenters. The van der Waals surface area contributed by atoms with E-state index in [4.69, 9.17) is 15.4 Å². The Kier molecular flexibility index (Phi) is 9.64. The van der Waals surface area contributed by atoms with E-state index < -0.39 is 9.24 Å². The molecule has 1 amide bonds. The number of rotatable bonds is 11. The molecule has 1 N–H and O–H groups in total. The first kappa shape index (κ1) is 25.3. The Morgan fingerprint density at radius 2 is 1.97 bits per heavy atom. The van der Waals surface area contributed by atoms with E-state index in [2.05, 4.69) is 23.5 Å². The Bertz CT molecular complexity index is 865. The largest absolute Gasteiger partial charge is 0.497 e. The van der Waals surface area contributed by atoms with Crippen LogP contribution in [0.5, 0.6) is 5.75 Å². The van der Waals surface area contributed by atoms with E-state index in [0.29, 0.717) is 26.1 Å². The normalized spacial score (nSPS) is 20.1. The summed E-state index contributed by atoms with van der Waals surface area (Å²) >= 11 is 0. The van der Waals surface area contributed by atoms with E-state index in [9.17, 15) is 13.2 Å². The first-order valence-electron chi connectivity index (χ1n) is 11.7. The Balaban J connectivity index is 1.25. The molecule has 1 saturated heterocycles. The van der Waals surface area contributed by atoms with Crippen molar-refractivity contribution in [3.63, 3.8) is 0 Å². The molecule has 2 aliphatic rings. The van der Waals surface area contributed by atoms with E-state index in [-0.39, 0.29) is 12.5 Å². The van der Waals surface area contributed by atoms with Crippen molar-refractivity contribution >= 4 is 25.8 Å². The van der Waals surface area contributed by atoms with Gasteiger partial charge in [-0.05, 0) is 93.6 Å². The molecule has 0 bridgehead atoms. The number of unbranched alkanes of at least 4 members (excludes halogenated alkanes) is 1. The van der Waals surface area contributed by atoms with Crippen molar-refractivity contribution in [3.8, 4) is 5.75 Å². The number of hydrogen-bond acceptors (Lipinski definition) is 5. The topological polar surface area (TPSA) is 79.0 Å². The van der Waals surface area contributed by atoms with Gasteiger partial charge in [-0.25, -0.2) is 0 Å². The van der Waals surface area contributed by atoms with Gasteiger partial charge in [0, 0.05) is 30.3 Å². The monoisotopic (exact) mass is 485 g/mol. The lowest BCUT2D eigenvalue weighted by Gasteiger charge is -2.25. The number of carbonyl (C=O) groups excluding carboxylic acids is 1. The Hall–Kier alpha value is -1.35. The molecule has 0 radical (unpaired) electrons. The maximum Gasteiger partial charge on any atom is 0.300 e. The fraction of sp³-hybridized carbons (Fsp3) is 0.696. The van der Waals surface area contributed by atoms with E-state index in [1.165, 1.54) is 36.8 Å². The quantitative estimate of drug-likeness (QED) is 0.385. The number of fused-ring (bicyclic) bond motifs is 1. The van der Waals surface area contributed by atoms with Gasteiger partial charge in [-0.15, -0.1) is 0 Å². The van der Waals surface area contributed by atoms with Crippen LogP contribution in [0.3, 0.4) is 0 Å². The molecule has 0 saturated carbocycles. The maximum atomic E-state index is 12.3. The van der Waals surface area contributed by atoms with Crippen LogP contribution in [-0.4, -0.2) is 69.9 Å². The molecule has 32 heavy (non-hydrogen) atoms. The van der Waals surface area contributed by atoms with Crippen molar-refractivity contribution < 1.29 is 17.9 Å². The third kappa shape index (κ3) is 7.61. The number of benzene rings is 1. The van der Waals surface area contributed by atoms with E-state index >= 15 is 0 Å². The molecule has 9 heteroatoms. The van der Waals surface area contributed by atoms with Gasteiger partial charge < -0.3 is 15.0 Å². The van der Waals surface area contributed by atoms with Crippen LogP contribution in [0.25, 0.3) is 0 Å². The minimum atomic E-state index is -3.83. The lowest BCUT2D eigenvalue weighted by atomic mass is 9.81. The minimum Gasteiger partial charge on any atom is -0.497 e. The smallest absolute Gasteiger partial charge is 0.300 e. The summed E-state index contributed by atoms with van der Waals surface area (Å²) in [5.74, 6) is 1.54. The third-order valence-corrected chi connectivity index (χ3v) is 8.06. The highest BCUT2D eigenvalue weighted by atomic mass is 35.7. The lowest BCUT2D eigenvalue weighted by Crippen LogP contribution is -2.38. The molecule has 1 aromatic carbocycles. The van der Waals surface area contributed by atoms with E-state index in [0.717, 1.165) is 48.3 Å². The van der Waals surface area contributed by atoms with Crippen molar-refractivity contribution in [2.45, 2.75) is 51.4 Å². The number of amides is 1. The summed E-state index contributed by atoms with van der Waals surface area (Å²) in [6, 6.07) is 6.46. The van der Waals surface area contributed by atoms with Crippen LogP contribution in [0.4, 0.5) is 0 Å². The van der Waals surface area contributed by atoms with Gasteiger partial charge in [0.1, 0.15) is 5.75 Å². The van der Waals surface area contributed by atoms with Crippen LogP contribution in [0.1, 0.15) is 49.7 Å². The number of nitrogens with zero attached hydrogens (tertiary/aromatic N) is 2. The number of ether oxygens (including phenoxy) is 1. The molecule has 180 valence electrons. The average Bonchev–Trinajstić information content (AvgIpc) is 2.96. The second-order valence-corrected chi connectivity index (χ2v) is 11.4. The summed E-state index contributed by atoms with van der Waals surface area (Å²) in [6.45, 7) is 3.37. The molecule has 0 aromatic heterocycles. The number of nitrogens with one attached hydrogen (secondary N) is 1. The number of halogens is 1. The van der Waals surface area contributed by atoms with E-state index in [1.54, 1.807) is 12.0 Å². The lowest BCUT2D eigenvalue weighted by molar-refractivity contribution is -0.130. The van der Waals surface area contributed by atoms with Crippen LogP contribution in [0, 0.1) is 5.92 Å². The predicted molar refractivity (Wildman–Crippen MR) is 127 cm³/mol. The number of methoxy groups -OCH3 is 1. The molecule has 0 spiro atoms. The molecule has 3 rings (SSSR count). The van der Waals surface area contributed by atoms with Gasteiger partial charge in [-0.1, -0.05) is 6.07 Å². The van der Waals surface area contributed by atoms with Gasteiger partial charge in [-0.3, -0.25) is 4.79 Å². The molecular formula is C23H36ClN3O4S. The fourth-order valence-electron chi connectivity index (χ4n) is 4.69. The Morgan fingerprint density at radius 3 is 2.75 bits per heavy atom. The molecule has 7 nitrogen and oxygen atoms in total. The predicted octanol–water partition coefficient (Wildman–Crippen LogP) is 2.97. The molecule has 1 aromatic rings. The standard InChI is InChI=1S/C23H36ClN3O4S/c1-31-22-10-9-20-8-7-19(16-21(20)17-22)6-4-12-25-11-2-3-13-26-14-5-15-27(18-23(26)28)32(24,29)30/h9-10,17,19,25H,2-8,11-16,18H2,1H3. The van der Waals surface area contributed by atoms with Crippen molar-refractivity contribution in [2.24, 2.45) is 5.92 Å². The zero-order valence-corrected chi connectivity index (χ0v) is 20.6. The van der Waals surface area contributed by atoms with Crippen molar-refractivity contribution in [1.82, 2.24) is 14.5 Å². The van der Waals surface area contributed by atoms with Crippen LogP contribution in [-0.2, 0) is 26.9 Å². The molecule has 1 aliphatic heterocycles. The second kappa shape index (κ2) is 12.2. The third-order valence-electron chi connectivity index (χ3n) is 6.55. The van der Waals surface area contributed by atoms with Gasteiger partial charge in [0.05, 0.1) is 13.7 Å². The average molecular weight is 486 g/mol. The molecule has 1 heterocycles. The summed E-state index contributed by atoms with van der Waals surface area (Å²) < 4.78 is 29.4. The highest BCUT2D eigenvalue weighted by Gasteiger charge is 2.27. The summed E-state index contributed by atoms with van der Waals surface area (Å²) in [7, 11) is 3.28. The summed E-state index contributed by atoms with van der Waals surface area (Å²) in [4.78, 5) is 14.0. The molecule has 1 unspecified atom stereocenters. The van der Waals surface area contributed by atoms with Crippen LogP contribution >= 0.6 is 10.7 Å². The molecular weight excluding hydrogens is 450 g/mol. The Labute approximate surface area is 197 Å². The summed E-state index contributed by atoms with van der Waals surface area (Å²) in [6.07, 6.45) is 8.54. The highest BCUT2D eigenvalue weighted by Crippen LogP contribution is 2.30. The van der Waals surface area contributed by atoms with Crippen molar-refractivity contribution in [3.05, 3.63) is 29.3 Å². The zero-order valence-electron chi connectivity index (χ0n) is 19.0. The van der Waals surface area contributed by atoms with E-state index in [1.807, 2.05) is 0 Å².